The molecule has 5 rings (SSSR count). The van der Waals surface area contributed by atoms with E-state index in [9.17, 15) is 14.0 Å². The van der Waals surface area contributed by atoms with Gasteiger partial charge in [-0.3, -0.25) is 9.36 Å². The Morgan fingerprint density at radius 3 is 2.56 bits per heavy atom. The van der Waals surface area contributed by atoms with Crippen LogP contribution in [0.15, 0.2) is 70.3 Å². The van der Waals surface area contributed by atoms with Gasteiger partial charge in [0, 0.05) is 10.1 Å². The van der Waals surface area contributed by atoms with Gasteiger partial charge in [-0.25, -0.2) is 13.8 Å². The number of rotatable bonds is 3. The molecule has 5 aromatic rings. The molecule has 2 aromatic heterocycles. The Kier molecular flexibility index (Phi) is 4.99. The molecule has 3 aromatic carbocycles. The molecule has 0 saturated carbocycles. The third kappa shape index (κ3) is 3.27. The molecular weight excluding hydrogens is 447 g/mol. The zero-order chi connectivity index (χ0) is 22.6. The average Bonchev–Trinajstić information content (AvgIpc) is 3.16. The van der Waals surface area contributed by atoms with E-state index in [4.69, 9.17) is 11.6 Å². The zero-order valence-electron chi connectivity index (χ0n) is 17.4. The van der Waals surface area contributed by atoms with E-state index in [-0.39, 0.29) is 10.7 Å². The van der Waals surface area contributed by atoms with E-state index in [2.05, 4.69) is 0 Å². The minimum absolute atomic E-state index is 0.147. The summed E-state index contributed by atoms with van der Waals surface area (Å²) in [4.78, 5) is 27.2. The summed E-state index contributed by atoms with van der Waals surface area (Å²) in [6.07, 6.45) is 0. The van der Waals surface area contributed by atoms with Gasteiger partial charge in [-0.15, -0.1) is 11.3 Å². The number of thiophene rings is 1. The number of aryl methyl sites for hydroxylation is 2. The van der Waals surface area contributed by atoms with Crippen molar-refractivity contribution in [2.24, 2.45) is 0 Å². The molecule has 0 saturated heterocycles. The van der Waals surface area contributed by atoms with E-state index in [1.54, 1.807) is 4.57 Å². The van der Waals surface area contributed by atoms with Crippen LogP contribution in [0.2, 0.25) is 5.02 Å². The van der Waals surface area contributed by atoms with Crippen LogP contribution in [0, 0.1) is 19.7 Å². The van der Waals surface area contributed by atoms with Crippen LogP contribution >= 0.6 is 22.9 Å². The summed E-state index contributed by atoms with van der Waals surface area (Å²) in [6, 6.07) is 17.6. The van der Waals surface area contributed by atoms with E-state index >= 15 is 0 Å². The quantitative estimate of drug-likeness (QED) is 0.337. The van der Waals surface area contributed by atoms with Crippen LogP contribution in [-0.2, 0) is 6.54 Å². The van der Waals surface area contributed by atoms with E-state index in [0.717, 1.165) is 37.4 Å². The normalized spacial score (nSPS) is 11.5. The molecule has 0 spiro atoms. The number of hydrogen-bond acceptors (Lipinski definition) is 3. The van der Waals surface area contributed by atoms with Crippen LogP contribution in [0.5, 0.6) is 0 Å². The van der Waals surface area contributed by atoms with Crippen LogP contribution in [0.25, 0.3) is 26.0 Å². The van der Waals surface area contributed by atoms with E-state index in [1.165, 1.54) is 23.5 Å². The second-order valence-corrected chi connectivity index (χ2v) is 9.27. The van der Waals surface area contributed by atoms with Gasteiger partial charge >= 0.3 is 5.69 Å². The highest BCUT2D eigenvalue weighted by atomic mass is 35.5. The van der Waals surface area contributed by atoms with E-state index in [1.807, 2.05) is 56.3 Å². The molecule has 0 N–H and O–H groups in total. The van der Waals surface area contributed by atoms with Crippen LogP contribution in [-0.4, -0.2) is 9.13 Å². The molecule has 0 fully saturated rings. The highest BCUT2D eigenvalue weighted by Gasteiger charge is 2.20. The Morgan fingerprint density at radius 2 is 1.78 bits per heavy atom. The molecule has 0 unspecified atom stereocenters. The maximum atomic E-state index is 13.8. The fraction of sp³-hybridized carbons (Fsp3) is 0.120. The zero-order valence-corrected chi connectivity index (χ0v) is 18.9. The molecule has 0 aliphatic heterocycles. The molecule has 0 radical (unpaired) electrons. The molecule has 0 atom stereocenters. The second kappa shape index (κ2) is 7.73. The summed E-state index contributed by atoms with van der Waals surface area (Å²) in [5, 5.41) is 0.711. The molecule has 0 aliphatic carbocycles. The standard InChI is InChI=1S/C25H18ClFN2O2S/c1-14-7-8-15(2)16(11-14)13-28-22-18-5-3-4-6-21(18)32-23(22)24(30)29(25(28)31)17-9-10-20(27)19(26)12-17/h3-12H,13H2,1-2H3. The van der Waals surface area contributed by atoms with E-state index < -0.39 is 17.1 Å². The minimum atomic E-state index is -0.609. The second-order valence-electron chi connectivity index (χ2n) is 7.81. The SMILES string of the molecule is Cc1ccc(C)c(Cn2c(=O)n(-c3ccc(F)c(Cl)c3)c(=O)c3sc4ccccc4c32)c1. The van der Waals surface area contributed by atoms with Crippen molar-refractivity contribution in [3.05, 3.63) is 109 Å². The molecular formula is C25H18ClFN2O2S. The van der Waals surface area contributed by atoms with Crippen LogP contribution in [0.4, 0.5) is 4.39 Å². The van der Waals surface area contributed by atoms with Crippen molar-refractivity contribution in [3.8, 4) is 5.69 Å². The van der Waals surface area contributed by atoms with Crippen molar-refractivity contribution in [1.82, 2.24) is 9.13 Å². The predicted octanol–water partition coefficient (Wildman–Crippen LogP) is 5.82. The Balaban J connectivity index is 1.90. The topological polar surface area (TPSA) is 44.0 Å². The summed E-state index contributed by atoms with van der Waals surface area (Å²) in [5.41, 5.74) is 3.06. The van der Waals surface area contributed by atoms with Crippen LogP contribution in [0.3, 0.4) is 0 Å². The largest absolute Gasteiger partial charge is 0.336 e. The van der Waals surface area contributed by atoms with Crippen molar-refractivity contribution in [1.29, 1.82) is 0 Å². The molecule has 160 valence electrons. The minimum Gasteiger partial charge on any atom is -0.287 e. The van der Waals surface area contributed by atoms with Crippen molar-refractivity contribution < 1.29 is 4.39 Å². The Labute approximate surface area is 191 Å². The number of nitrogens with zero attached hydrogens (tertiary/aromatic N) is 2. The lowest BCUT2D eigenvalue weighted by molar-refractivity contribution is 0.627. The summed E-state index contributed by atoms with van der Waals surface area (Å²) in [5.74, 6) is -0.609. The molecule has 0 amide bonds. The molecule has 32 heavy (non-hydrogen) atoms. The number of fused-ring (bicyclic) bond motifs is 3. The first kappa shape index (κ1) is 20.7. The summed E-state index contributed by atoms with van der Waals surface area (Å²) < 4.78 is 17.9. The fourth-order valence-corrected chi connectivity index (χ4v) is 5.30. The maximum absolute atomic E-state index is 13.8. The highest BCUT2D eigenvalue weighted by Crippen LogP contribution is 2.31. The number of aromatic nitrogens is 2. The third-order valence-corrected chi connectivity index (χ3v) is 7.09. The summed E-state index contributed by atoms with van der Waals surface area (Å²) in [6.45, 7) is 4.31. The Hall–Kier alpha value is -3.22. The van der Waals surface area contributed by atoms with Crippen LogP contribution < -0.4 is 11.2 Å². The lowest BCUT2D eigenvalue weighted by Crippen LogP contribution is -2.38. The van der Waals surface area contributed by atoms with E-state index in [0.29, 0.717) is 16.8 Å². The molecule has 2 heterocycles. The molecule has 7 heteroatoms. The fourth-order valence-electron chi connectivity index (χ4n) is 3.99. The molecule has 0 bridgehead atoms. The first-order chi connectivity index (χ1) is 15.3. The smallest absolute Gasteiger partial charge is 0.287 e. The average molecular weight is 465 g/mol. The first-order valence-corrected chi connectivity index (χ1v) is 11.2. The van der Waals surface area contributed by atoms with Crippen LogP contribution in [0.1, 0.15) is 16.7 Å². The lowest BCUT2D eigenvalue weighted by Gasteiger charge is -2.15. The molecule has 0 aliphatic rings. The van der Waals surface area contributed by atoms with Crippen molar-refractivity contribution in [3.63, 3.8) is 0 Å². The van der Waals surface area contributed by atoms with Gasteiger partial charge in [-0.05, 0) is 49.2 Å². The van der Waals surface area contributed by atoms with Gasteiger partial charge in [0.2, 0.25) is 0 Å². The Bertz CT molecular complexity index is 1650. The third-order valence-electron chi connectivity index (χ3n) is 5.65. The molecule has 4 nitrogen and oxygen atoms in total. The number of halogens is 2. The van der Waals surface area contributed by atoms with Crippen molar-refractivity contribution in [2.45, 2.75) is 20.4 Å². The summed E-state index contributed by atoms with van der Waals surface area (Å²) in [7, 11) is 0. The van der Waals surface area contributed by atoms with Gasteiger partial charge in [0.25, 0.3) is 5.56 Å². The maximum Gasteiger partial charge on any atom is 0.336 e. The number of benzene rings is 3. The van der Waals surface area contributed by atoms with Gasteiger partial charge in [0.1, 0.15) is 10.5 Å². The highest BCUT2D eigenvalue weighted by molar-refractivity contribution is 7.25. The van der Waals surface area contributed by atoms with Gasteiger partial charge in [0.05, 0.1) is 22.8 Å². The predicted molar refractivity (Wildman–Crippen MR) is 129 cm³/mol. The number of hydrogen-bond donors (Lipinski definition) is 0. The van der Waals surface area contributed by atoms with Gasteiger partial charge in [-0.2, -0.15) is 0 Å². The van der Waals surface area contributed by atoms with Gasteiger partial charge in [0.15, 0.2) is 0 Å². The van der Waals surface area contributed by atoms with Gasteiger partial charge in [-0.1, -0.05) is 53.6 Å². The van der Waals surface area contributed by atoms with Gasteiger partial charge < -0.3 is 0 Å². The van der Waals surface area contributed by atoms with Crippen molar-refractivity contribution in [2.75, 3.05) is 0 Å². The lowest BCUT2D eigenvalue weighted by atomic mass is 10.1. The Morgan fingerprint density at radius 1 is 1.00 bits per heavy atom. The first-order valence-electron chi connectivity index (χ1n) is 10.0. The summed E-state index contributed by atoms with van der Waals surface area (Å²) >= 11 is 7.31. The van der Waals surface area contributed by atoms with Crippen molar-refractivity contribution >= 4 is 43.2 Å². The monoisotopic (exact) mass is 464 g/mol.